The average molecular weight is 314 g/mol. The maximum atomic E-state index is 12.0. The number of hydrogen-bond donors (Lipinski definition) is 1. The lowest BCUT2D eigenvalue weighted by Gasteiger charge is -2.23. The predicted octanol–water partition coefficient (Wildman–Crippen LogP) is -1.49. The second kappa shape index (κ2) is 7.20. The van der Waals surface area contributed by atoms with Crippen molar-refractivity contribution in [3.63, 3.8) is 0 Å². The van der Waals surface area contributed by atoms with Crippen molar-refractivity contribution < 1.29 is 38.1 Å². The molecule has 0 spiro atoms. The molecule has 10 nitrogen and oxygen atoms in total. The summed E-state index contributed by atoms with van der Waals surface area (Å²) < 4.78 is 18.1. The number of rotatable bonds is 4. The van der Waals surface area contributed by atoms with Gasteiger partial charge in [-0.3, -0.25) is 10.2 Å². The zero-order valence-electron chi connectivity index (χ0n) is 12.3. The van der Waals surface area contributed by atoms with Crippen LogP contribution in [0.1, 0.15) is 0 Å². The molecule has 120 valence electrons. The molecule has 1 unspecified atom stereocenters. The third-order valence-corrected chi connectivity index (χ3v) is 2.75. The van der Waals surface area contributed by atoms with Gasteiger partial charge in [-0.2, -0.15) is 5.10 Å². The van der Waals surface area contributed by atoms with Crippen LogP contribution in [0.25, 0.3) is 0 Å². The second-order valence-electron chi connectivity index (χ2n) is 3.83. The molecule has 0 fully saturated rings. The Kier molecular flexibility index (Phi) is 5.61. The molecular weight excluding hydrogens is 300 g/mol. The number of hydrazone groups is 1. The van der Waals surface area contributed by atoms with Gasteiger partial charge in [0, 0.05) is 0 Å². The number of hydrogen-bond acceptors (Lipinski definition) is 10. The first-order valence-corrected chi connectivity index (χ1v) is 5.83. The van der Waals surface area contributed by atoms with Crippen LogP contribution in [0.2, 0.25) is 0 Å². The molecule has 0 radical (unpaired) electrons. The summed E-state index contributed by atoms with van der Waals surface area (Å²) in [5.74, 6) is -5.55. The van der Waals surface area contributed by atoms with Crippen LogP contribution >= 0.6 is 0 Å². The maximum Gasteiger partial charge on any atom is 0.356 e. The van der Waals surface area contributed by atoms with Gasteiger partial charge in [0.25, 0.3) is 0 Å². The Balaban J connectivity index is 3.51. The first-order valence-electron chi connectivity index (χ1n) is 5.83. The Morgan fingerprint density at radius 3 is 1.86 bits per heavy atom. The fourth-order valence-electron chi connectivity index (χ4n) is 1.72. The quantitative estimate of drug-likeness (QED) is 0.487. The van der Waals surface area contributed by atoms with Gasteiger partial charge in [0.15, 0.2) is 11.4 Å². The van der Waals surface area contributed by atoms with Gasteiger partial charge < -0.3 is 18.9 Å². The third-order valence-electron chi connectivity index (χ3n) is 2.75. The van der Waals surface area contributed by atoms with Crippen molar-refractivity contribution in [2.45, 2.75) is 0 Å². The van der Waals surface area contributed by atoms with E-state index in [4.69, 9.17) is 0 Å². The van der Waals surface area contributed by atoms with Crippen LogP contribution in [0.5, 0.6) is 0 Å². The van der Waals surface area contributed by atoms with E-state index in [0.29, 0.717) is 0 Å². The summed E-state index contributed by atoms with van der Waals surface area (Å²) in [7, 11) is 4.23. The zero-order valence-corrected chi connectivity index (χ0v) is 12.3. The molecule has 0 aliphatic carbocycles. The summed E-state index contributed by atoms with van der Waals surface area (Å²) in [4.78, 5) is 47.3. The third kappa shape index (κ3) is 3.05. The highest BCUT2D eigenvalue weighted by molar-refractivity contribution is 6.43. The monoisotopic (exact) mass is 314 g/mol. The average Bonchev–Trinajstić information content (AvgIpc) is 2.57. The van der Waals surface area contributed by atoms with Crippen LogP contribution in [0.4, 0.5) is 0 Å². The van der Waals surface area contributed by atoms with Crippen LogP contribution in [-0.4, -0.2) is 58.0 Å². The van der Waals surface area contributed by atoms with Crippen molar-refractivity contribution in [1.82, 2.24) is 5.43 Å². The normalized spacial score (nSPS) is 16.9. The van der Waals surface area contributed by atoms with Crippen molar-refractivity contribution in [2.24, 2.45) is 11.0 Å². The number of nitrogens with one attached hydrogen (secondary N) is 1. The first-order chi connectivity index (χ1) is 10.4. The lowest BCUT2D eigenvalue weighted by molar-refractivity contribution is -0.147. The number of methoxy groups -OCH3 is 4. The van der Waals surface area contributed by atoms with E-state index < -0.39 is 46.8 Å². The number of carbonyl (C=O) groups excluding carboxylic acids is 4. The summed E-state index contributed by atoms with van der Waals surface area (Å²) in [6.45, 7) is 0. The topological polar surface area (TPSA) is 130 Å². The summed E-state index contributed by atoms with van der Waals surface area (Å²) in [5.41, 5.74) is 0.842. The fraction of sp³-hybridized carbons (Fsp3) is 0.417. The molecule has 10 heteroatoms. The molecule has 0 aromatic rings. The number of nitrogens with zero attached hydrogens (tertiary/aromatic N) is 1. The largest absolute Gasteiger partial charge is 0.468 e. The molecule has 0 aromatic carbocycles. The van der Waals surface area contributed by atoms with E-state index in [2.05, 4.69) is 29.5 Å². The lowest BCUT2D eigenvalue weighted by atomic mass is 9.90. The molecule has 1 heterocycles. The highest BCUT2D eigenvalue weighted by Crippen LogP contribution is 2.24. The Labute approximate surface area is 125 Å². The van der Waals surface area contributed by atoms with Crippen LogP contribution < -0.4 is 5.43 Å². The van der Waals surface area contributed by atoms with E-state index in [9.17, 15) is 19.2 Å². The van der Waals surface area contributed by atoms with E-state index in [0.717, 1.165) is 28.4 Å². The molecular formula is C12H14N2O8. The molecule has 0 amide bonds. The minimum absolute atomic E-state index is 0.433. The smallest absolute Gasteiger partial charge is 0.356 e. The Morgan fingerprint density at radius 2 is 1.41 bits per heavy atom. The highest BCUT2D eigenvalue weighted by Gasteiger charge is 2.44. The van der Waals surface area contributed by atoms with Gasteiger partial charge in [0.05, 0.1) is 34.0 Å². The van der Waals surface area contributed by atoms with E-state index in [1.165, 1.54) is 0 Å². The molecule has 1 aliphatic heterocycles. The van der Waals surface area contributed by atoms with Crippen molar-refractivity contribution in [2.75, 3.05) is 28.4 Å². The van der Waals surface area contributed by atoms with Crippen LogP contribution in [-0.2, 0) is 38.1 Å². The summed E-state index contributed by atoms with van der Waals surface area (Å²) in [6.07, 6.45) is 0. The number of carbonyl (C=O) groups is 4. The second-order valence-corrected chi connectivity index (χ2v) is 3.83. The predicted molar refractivity (Wildman–Crippen MR) is 69.2 cm³/mol. The van der Waals surface area contributed by atoms with Crippen LogP contribution in [0.15, 0.2) is 16.4 Å². The molecule has 22 heavy (non-hydrogen) atoms. The van der Waals surface area contributed by atoms with Gasteiger partial charge >= 0.3 is 23.9 Å². The molecule has 1 atom stereocenters. The van der Waals surface area contributed by atoms with Gasteiger partial charge in [-0.25, -0.2) is 14.4 Å². The summed E-state index contributed by atoms with van der Waals surface area (Å²) in [5, 5.41) is 3.59. The summed E-state index contributed by atoms with van der Waals surface area (Å²) in [6, 6.07) is 0. The van der Waals surface area contributed by atoms with Gasteiger partial charge in [-0.1, -0.05) is 0 Å². The molecule has 0 saturated heterocycles. The maximum absolute atomic E-state index is 12.0. The van der Waals surface area contributed by atoms with Gasteiger partial charge in [0.2, 0.25) is 0 Å². The molecule has 1 rings (SSSR count). The van der Waals surface area contributed by atoms with Gasteiger partial charge in [-0.15, -0.1) is 0 Å². The van der Waals surface area contributed by atoms with Crippen molar-refractivity contribution in [1.29, 1.82) is 0 Å². The van der Waals surface area contributed by atoms with Gasteiger partial charge in [0.1, 0.15) is 5.92 Å². The Bertz CT molecular complexity index is 578. The van der Waals surface area contributed by atoms with Gasteiger partial charge in [-0.05, 0) is 0 Å². The standard InChI is InChI=1S/C12H14N2O8/c1-19-9(15)5-6(10(16)20-2)8(12(18)22-4)14-13-7(5)11(17)21-3/h5,14H,1-4H3. The van der Waals surface area contributed by atoms with E-state index in [1.807, 2.05) is 0 Å². The fourth-order valence-corrected chi connectivity index (χ4v) is 1.72. The lowest BCUT2D eigenvalue weighted by Crippen LogP contribution is -2.43. The first kappa shape index (κ1) is 17.1. The summed E-state index contributed by atoms with van der Waals surface area (Å²) >= 11 is 0. The van der Waals surface area contributed by atoms with Crippen LogP contribution in [0, 0.1) is 5.92 Å². The van der Waals surface area contributed by atoms with Crippen molar-refractivity contribution >= 4 is 29.6 Å². The van der Waals surface area contributed by atoms with Crippen LogP contribution in [0.3, 0.4) is 0 Å². The highest BCUT2D eigenvalue weighted by atomic mass is 16.5. The molecule has 0 aromatic heterocycles. The SMILES string of the molecule is COC(=O)C1=NNC(C(=O)OC)=C(C(=O)OC)C1C(=O)OC. The molecule has 1 N–H and O–H groups in total. The molecule has 0 bridgehead atoms. The van der Waals surface area contributed by atoms with E-state index >= 15 is 0 Å². The zero-order chi connectivity index (χ0) is 16.9. The van der Waals surface area contributed by atoms with Crippen molar-refractivity contribution in [3.8, 4) is 0 Å². The Hall–Kier alpha value is -2.91. The number of ether oxygens (including phenoxy) is 4. The van der Waals surface area contributed by atoms with E-state index in [1.54, 1.807) is 0 Å². The molecule has 1 aliphatic rings. The molecule has 0 saturated carbocycles. The van der Waals surface area contributed by atoms with E-state index in [-0.39, 0.29) is 0 Å². The minimum atomic E-state index is -1.58. The Morgan fingerprint density at radius 1 is 0.864 bits per heavy atom. The van der Waals surface area contributed by atoms with Crippen molar-refractivity contribution in [3.05, 3.63) is 11.3 Å². The number of esters is 4. The minimum Gasteiger partial charge on any atom is -0.468 e.